The van der Waals surface area contributed by atoms with E-state index in [4.69, 9.17) is 0 Å². The maximum absolute atomic E-state index is 13.1. The van der Waals surface area contributed by atoms with Crippen LogP contribution in [0.3, 0.4) is 0 Å². The van der Waals surface area contributed by atoms with E-state index in [1.807, 2.05) is 24.3 Å². The highest BCUT2D eigenvalue weighted by Gasteiger charge is 2.50. The summed E-state index contributed by atoms with van der Waals surface area (Å²) < 4.78 is 27.2. The number of rotatable bonds is 6. The Kier molecular flexibility index (Phi) is 6.38. The summed E-state index contributed by atoms with van der Waals surface area (Å²) >= 11 is 0. The molecule has 170 valence electrons. The molecule has 1 aliphatic heterocycles. The summed E-state index contributed by atoms with van der Waals surface area (Å²) in [5, 5.41) is 0. The Bertz CT molecular complexity index is 1080. The molecular weight excluding hydrogens is 424 g/mol. The van der Waals surface area contributed by atoms with Crippen LogP contribution in [0.5, 0.6) is 0 Å². The first kappa shape index (κ1) is 22.5. The summed E-state index contributed by atoms with van der Waals surface area (Å²) in [4.78, 5) is 27.4. The smallest absolute Gasteiger partial charge is 0.259 e. The molecule has 0 radical (unpaired) electrons. The van der Waals surface area contributed by atoms with Gasteiger partial charge in [-0.05, 0) is 55.4 Å². The molecule has 1 aliphatic carbocycles. The number of nitrogens with zero attached hydrogens (tertiary/aromatic N) is 1. The lowest BCUT2D eigenvalue weighted by molar-refractivity contribution is -0.135. The minimum absolute atomic E-state index is 0.246. The zero-order valence-electron chi connectivity index (χ0n) is 18.4. The highest BCUT2D eigenvalue weighted by atomic mass is 32.2. The summed E-state index contributed by atoms with van der Waals surface area (Å²) in [6.45, 7) is 2.05. The van der Waals surface area contributed by atoms with Gasteiger partial charge in [0.05, 0.1) is 5.75 Å². The van der Waals surface area contributed by atoms with Gasteiger partial charge in [-0.1, -0.05) is 61.7 Å². The van der Waals surface area contributed by atoms with Crippen LogP contribution in [0.1, 0.15) is 72.9 Å². The van der Waals surface area contributed by atoms with E-state index < -0.39 is 21.5 Å². The molecule has 1 saturated carbocycles. The maximum Gasteiger partial charge on any atom is 0.259 e. The van der Waals surface area contributed by atoms with Gasteiger partial charge in [-0.3, -0.25) is 14.3 Å². The van der Waals surface area contributed by atoms with Crippen molar-refractivity contribution < 1.29 is 18.0 Å². The van der Waals surface area contributed by atoms with Crippen molar-refractivity contribution in [2.75, 3.05) is 6.54 Å². The first-order valence-electron chi connectivity index (χ1n) is 11.3. The first-order chi connectivity index (χ1) is 15.3. The largest absolute Gasteiger partial charge is 0.324 e. The fourth-order valence-electron chi connectivity index (χ4n) is 4.69. The number of likely N-dealkylation sites (tertiary alicyclic amines) is 1. The molecule has 6 nitrogen and oxygen atoms in total. The molecule has 1 N–H and O–H groups in total. The first-order valence-corrected chi connectivity index (χ1v) is 12.9. The molecule has 1 unspecified atom stereocenters. The molecule has 2 fully saturated rings. The molecule has 2 aliphatic rings. The monoisotopic (exact) mass is 454 g/mol. The lowest BCUT2D eigenvalue weighted by Gasteiger charge is -2.48. The molecule has 7 heteroatoms. The fourth-order valence-corrected chi connectivity index (χ4v) is 5.90. The zero-order valence-corrected chi connectivity index (χ0v) is 19.2. The normalized spacial score (nSPS) is 21.6. The second kappa shape index (κ2) is 9.06. The SMILES string of the molecule is CC1(C(=O)NS(=O)(=O)Cc2ccccc2)CCN1C(=O)c1ccc(C2CCCCC2)cc1. The minimum atomic E-state index is -3.86. The Balaban J connectivity index is 1.42. The molecule has 0 spiro atoms. The van der Waals surface area contributed by atoms with Gasteiger partial charge in [-0.15, -0.1) is 0 Å². The molecule has 0 bridgehead atoms. The van der Waals surface area contributed by atoms with Gasteiger partial charge in [0.25, 0.3) is 11.8 Å². The molecule has 2 amide bonds. The second-order valence-electron chi connectivity index (χ2n) is 9.11. The van der Waals surface area contributed by atoms with E-state index in [0.29, 0.717) is 30.0 Å². The van der Waals surface area contributed by atoms with Crippen LogP contribution in [-0.2, 0) is 20.6 Å². The number of hydrogen-bond acceptors (Lipinski definition) is 4. The van der Waals surface area contributed by atoms with E-state index in [0.717, 1.165) is 0 Å². The quantitative estimate of drug-likeness (QED) is 0.716. The van der Waals surface area contributed by atoms with Crippen LogP contribution in [0, 0.1) is 0 Å². The van der Waals surface area contributed by atoms with Crippen LogP contribution in [-0.4, -0.2) is 37.2 Å². The highest BCUT2D eigenvalue weighted by molar-refractivity contribution is 7.89. The number of hydrogen-bond donors (Lipinski definition) is 1. The molecule has 32 heavy (non-hydrogen) atoms. The van der Waals surface area contributed by atoms with Gasteiger partial charge >= 0.3 is 0 Å². The standard InChI is InChI=1S/C25H30N2O4S/c1-25(24(29)26-32(30,31)18-19-8-4-2-5-9-19)16-17-27(25)23(28)22-14-12-21(13-15-22)20-10-6-3-7-11-20/h2,4-5,8-9,12-15,20H,3,6-7,10-11,16-18H2,1H3,(H,26,29). The second-order valence-corrected chi connectivity index (χ2v) is 10.8. The van der Waals surface area contributed by atoms with E-state index in [1.54, 1.807) is 37.3 Å². The van der Waals surface area contributed by atoms with Gasteiger partial charge in [0, 0.05) is 12.1 Å². The maximum atomic E-state index is 13.1. The van der Waals surface area contributed by atoms with Crippen molar-refractivity contribution in [3.63, 3.8) is 0 Å². The van der Waals surface area contributed by atoms with Crippen LogP contribution in [0.2, 0.25) is 0 Å². The highest BCUT2D eigenvalue weighted by Crippen LogP contribution is 2.35. The van der Waals surface area contributed by atoms with E-state index >= 15 is 0 Å². The zero-order chi connectivity index (χ0) is 22.8. The molecule has 1 saturated heterocycles. The minimum Gasteiger partial charge on any atom is -0.324 e. The van der Waals surface area contributed by atoms with E-state index in [2.05, 4.69) is 4.72 Å². The average molecular weight is 455 g/mol. The summed E-state index contributed by atoms with van der Waals surface area (Å²) in [6, 6.07) is 16.4. The van der Waals surface area contributed by atoms with Crippen molar-refractivity contribution in [3.05, 3.63) is 71.3 Å². The van der Waals surface area contributed by atoms with E-state index in [1.165, 1.54) is 42.6 Å². The number of sulfonamides is 1. The average Bonchev–Trinajstić information content (AvgIpc) is 2.78. The van der Waals surface area contributed by atoms with Gasteiger partial charge in [-0.2, -0.15) is 0 Å². The van der Waals surface area contributed by atoms with Crippen molar-refractivity contribution in [1.29, 1.82) is 0 Å². The van der Waals surface area contributed by atoms with Crippen molar-refractivity contribution in [2.24, 2.45) is 0 Å². The van der Waals surface area contributed by atoms with Crippen LogP contribution < -0.4 is 4.72 Å². The van der Waals surface area contributed by atoms with Gasteiger partial charge in [0.2, 0.25) is 10.0 Å². The molecule has 1 atom stereocenters. The molecular formula is C25H30N2O4S. The third-order valence-corrected chi connectivity index (χ3v) is 8.04. The molecule has 1 heterocycles. The number of amides is 2. The van der Waals surface area contributed by atoms with Crippen LogP contribution in [0.15, 0.2) is 54.6 Å². The molecule has 0 aromatic heterocycles. The summed E-state index contributed by atoms with van der Waals surface area (Å²) in [6.07, 6.45) is 6.60. The summed E-state index contributed by atoms with van der Waals surface area (Å²) in [7, 11) is -3.86. The molecule has 4 rings (SSSR count). The predicted molar refractivity (Wildman–Crippen MR) is 124 cm³/mol. The Labute approximate surface area is 190 Å². The van der Waals surface area contributed by atoms with Crippen molar-refractivity contribution >= 4 is 21.8 Å². The van der Waals surface area contributed by atoms with Crippen molar-refractivity contribution in [2.45, 2.75) is 62.7 Å². The fraction of sp³-hybridized carbons (Fsp3) is 0.440. The lowest BCUT2D eigenvalue weighted by atomic mass is 9.83. The van der Waals surface area contributed by atoms with Gasteiger partial charge < -0.3 is 4.90 Å². The third-order valence-electron chi connectivity index (χ3n) is 6.83. The Morgan fingerprint density at radius 3 is 2.25 bits per heavy atom. The number of nitrogens with one attached hydrogen (secondary N) is 1. The number of carbonyl (C=O) groups excluding carboxylic acids is 2. The number of carbonyl (C=O) groups is 2. The summed E-state index contributed by atoms with van der Waals surface area (Å²) in [5.74, 6) is -0.633. The van der Waals surface area contributed by atoms with Crippen LogP contribution in [0.4, 0.5) is 0 Å². The molecule has 2 aromatic rings. The van der Waals surface area contributed by atoms with E-state index in [9.17, 15) is 18.0 Å². The topological polar surface area (TPSA) is 83.6 Å². The molecule has 2 aromatic carbocycles. The van der Waals surface area contributed by atoms with Gasteiger partial charge in [-0.25, -0.2) is 8.42 Å². The lowest BCUT2D eigenvalue weighted by Crippen LogP contribution is -2.67. The van der Waals surface area contributed by atoms with Crippen molar-refractivity contribution in [1.82, 2.24) is 9.62 Å². The predicted octanol–water partition coefficient (Wildman–Crippen LogP) is 3.99. The Morgan fingerprint density at radius 1 is 1.00 bits per heavy atom. The Morgan fingerprint density at radius 2 is 1.66 bits per heavy atom. The van der Waals surface area contributed by atoms with Gasteiger partial charge in [0.1, 0.15) is 5.54 Å². The number of benzene rings is 2. The van der Waals surface area contributed by atoms with E-state index in [-0.39, 0.29) is 11.7 Å². The van der Waals surface area contributed by atoms with Crippen molar-refractivity contribution in [3.8, 4) is 0 Å². The summed E-state index contributed by atoms with van der Waals surface area (Å²) in [5.41, 5.74) is 1.20. The third kappa shape index (κ3) is 4.72. The van der Waals surface area contributed by atoms with Crippen LogP contribution >= 0.6 is 0 Å². The van der Waals surface area contributed by atoms with Crippen LogP contribution in [0.25, 0.3) is 0 Å². The Hall–Kier alpha value is -2.67. The van der Waals surface area contributed by atoms with Gasteiger partial charge in [0.15, 0.2) is 0 Å².